The highest BCUT2D eigenvalue weighted by Gasteiger charge is 2.30. The molecule has 0 atom stereocenters. The molecule has 7 nitrogen and oxygen atoms in total. The molecule has 0 aliphatic carbocycles. The lowest BCUT2D eigenvalue weighted by molar-refractivity contribution is 0.0934. The third-order valence-electron chi connectivity index (χ3n) is 3.37. The van der Waals surface area contributed by atoms with E-state index >= 15 is 0 Å². The van der Waals surface area contributed by atoms with E-state index in [2.05, 4.69) is 0 Å². The fourth-order valence-corrected chi connectivity index (χ4v) is 3.67. The molecule has 0 aromatic heterocycles. The maximum Gasteiger partial charge on any atom is 0.409 e. The Morgan fingerprint density at radius 1 is 1.32 bits per heavy atom. The van der Waals surface area contributed by atoms with E-state index in [1.807, 2.05) is 6.07 Å². The predicted octanol–water partition coefficient (Wildman–Crippen LogP) is 1.02. The van der Waals surface area contributed by atoms with Crippen molar-refractivity contribution < 1.29 is 17.9 Å². The predicted molar refractivity (Wildman–Crippen MR) is 78.5 cm³/mol. The molecule has 0 radical (unpaired) electrons. The number of piperazine rings is 1. The van der Waals surface area contributed by atoms with Crippen molar-refractivity contribution in [1.29, 1.82) is 5.26 Å². The number of hydrogen-bond donors (Lipinski definition) is 0. The molecule has 1 aromatic rings. The van der Waals surface area contributed by atoms with Crippen LogP contribution in [0.2, 0.25) is 0 Å². The Kier molecular flexibility index (Phi) is 5.00. The number of carbonyl (C=O) groups is 1. The zero-order valence-electron chi connectivity index (χ0n) is 12.2. The number of nitriles is 1. The van der Waals surface area contributed by atoms with Crippen molar-refractivity contribution in [2.45, 2.75) is 11.8 Å². The number of ether oxygens (including phenoxy) is 1. The molecule has 0 unspecified atom stereocenters. The summed E-state index contributed by atoms with van der Waals surface area (Å²) in [6.07, 6.45) is -0.425. The Hall–Kier alpha value is -2.11. The topological polar surface area (TPSA) is 90.7 Å². The van der Waals surface area contributed by atoms with E-state index in [1.54, 1.807) is 19.1 Å². The number of sulfonamides is 1. The van der Waals surface area contributed by atoms with Crippen molar-refractivity contribution in [1.82, 2.24) is 9.21 Å². The lowest BCUT2D eigenvalue weighted by Crippen LogP contribution is -2.50. The molecule has 0 saturated carbocycles. The summed E-state index contributed by atoms with van der Waals surface area (Å²) in [4.78, 5) is 13.2. The molecule has 1 aliphatic rings. The van der Waals surface area contributed by atoms with Crippen molar-refractivity contribution in [2.24, 2.45) is 0 Å². The molecule has 0 N–H and O–H groups in total. The highest BCUT2D eigenvalue weighted by molar-refractivity contribution is 7.89. The van der Waals surface area contributed by atoms with E-state index in [1.165, 1.54) is 21.3 Å². The van der Waals surface area contributed by atoms with Crippen molar-refractivity contribution in [3.05, 3.63) is 29.8 Å². The van der Waals surface area contributed by atoms with Gasteiger partial charge in [-0.2, -0.15) is 9.57 Å². The lowest BCUT2D eigenvalue weighted by atomic mass is 10.2. The Labute approximate surface area is 129 Å². The van der Waals surface area contributed by atoms with Gasteiger partial charge in [-0.15, -0.1) is 0 Å². The van der Waals surface area contributed by atoms with E-state index < -0.39 is 16.1 Å². The Morgan fingerprint density at radius 3 is 2.59 bits per heavy atom. The van der Waals surface area contributed by atoms with Crippen molar-refractivity contribution in [3.63, 3.8) is 0 Å². The van der Waals surface area contributed by atoms with Crippen molar-refractivity contribution in [3.8, 4) is 6.07 Å². The zero-order chi connectivity index (χ0) is 16.2. The van der Waals surface area contributed by atoms with Crippen LogP contribution in [0.4, 0.5) is 4.79 Å². The molecular formula is C14H17N3O4S. The van der Waals surface area contributed by atoms with E-state index in [0.717, 1.165) is 0 Å². The van der Waals surface area contributed by atoms with Gasteiger partial charge in [-0.3, -0.25) is 0 Å². The lowest BCUT2D eigenvalue weighted by Gasteiger charge is -2.33. The standard InChI is InChI=1S/C14H17N3O4S/c1-2-21-14(18)16-6-8-17(9-7-16)22(19,20)13-5-3-4-12(10-13)11-15/h3-5,10H,2,6-9H2,1H3. The normalized spacial score (nSPS) is 16.1. The zero-order valence-corrected chi connectivity index (χ0v) is 13.0. The number of carbonyl (C=O) groups excluding carboxylic acids is 1. The van der Waals surface area contributed by atoms with Gasteiger partial charge in [-0.05, 0) is 25.1 Å². The molecule has 2 rings (SSSR count). The second-order valence-corrected chi connectivity index (χ2v) is 6.67. The summed E-state index contributed by atoms with van der Waals surface area (Å²) in [6.45, 7) is 3.00. The van der Waals surface area contributed by atoms with E-state index in [-0.39, 0.29) is 37.7 Å². The molecule has 1 aromatic carbocycles. The Bertz CT molecular complexity index is 688. The first kappa shape index (κ1) is 16.3. The van der Waals surface area contributed by atoms with Crippen LogP contribution in [0, 0.1) is 11.3 Å². The highest BCUT2D eigenvalue weighted by atomic mass is 32.2. The smallest absolute Gasteiger partial charge is 0.409 e. The van der Waals surface area contributed by atoms with Crippen molar-refractivity contribution >= 4 is 16.1 Å². The van der Waals surface area contributed by atoms with Gasteiger partial charge >= 0.3 is 6.09 Å². The van der Waals surface area contributed by atoms with Crippen LogP contribution in [0.5, 0.6) is 0 Å². The van der Waals surface area contributed by atoms with Crippen LogP contribution < -0.4 is 0 Å². The molecule has 0 bridgehead atoms. The number of benzene rings is 1. The van der Waals surface area contributed by atoms with Gasteiger partial charge in [-0.25, -0.2) is 13.2 Å². The van der Waals surface area contributed by atoms with Crippen LogP contribution in [0.15, 0.2) is 29.2 Å². The maximum atomic E-state index is 12.5. The van der Waals surface area contributed by atoms with Gasteiger partial charge in [0.1, 0.15) is 0 Å². The highest BCUT2D eigenvalue weighted by Crippen LogP contribution is 2.18. The van der Waals surface area contributed by atoms with Crippen LogP contribution in [0.1, 0.15) is 12.5 Å². The second-order valence-electron chi connectivity index (χ2n) is 4.73. The molecule has 8 heteroatoms. The van der Waals surface area contributed by atoms with Crippen LogP contribution in [0.3, 0.4) is 0 Å². The number of amides is 1. The quantitative estimate of drug-likeness (QED) is 0.828. The monoisotopic (exact) mass is 323 g/mol. The first-order valence-electron chi connectivity index (χ1n) is 6.91. The summed E-state index contributed by atoms with van der Waals surface area (Å²) in [5, 5.41) is 8.87. The van der Waals surface area contributed by atoms with Gasteiger partial charge in [0.15, 0.2) is 0 Å². The summed E-state index contributed by atoms with van der Waals surface area (Å²) >= 11 is 0. The van der Waals surface area contributed by atoms with E-state index in [9.17, 15) is 13.2 Å². The Balaban J connectivity index is 2.09. The average Bonchev–Trinajstić information content (AvgIpc) is 2.55. The van der Waals surface area contributed by atoms with Gasteiger partial charge in [0, 0.05) is 26.2 Å². The summed E-state index contributed by atoms with van der Waals surface area (Å²) in [5.41, 5.74) is 0.297. The van der Waals surface area contributed by atoms with Gasteiger partial charge in [0.25, 0.3) is 0 Å². The fourth-order valence-electron chi connectivity index (χ4n) is 2.20. The third kappa shape index (κ3) is 3.37. The summed E-state index contributed by atoms with van der Waals surface area (Å²) in [7, 11) is -3.65. The van der Waals surface area contributed by atoms with Gasteiger partial charge in [-0.1, -0.05) is 6.07 Å². The SMILES string of the molecule is CCOC(=O)N1CCN(S(=O)(=O)c2cccc(C#N)c2)CC1. The minimum absolute atomic E-state index is 0.0936. The second kappa shape index (κ2) is 6.77. The molecule has 1 amide bonds. The van der Waals surface area contributed by atoms with Crippen LogP contribution in [0.25, 0.3) is 0 Å². The molecule has 1 aliphatic heterocycles. The third-order valence-corrected chi connectivity index (χ3v) is 5.26. The van der Waals surface area contributed by atoms with Gasteiger partial charge < -0.3 is 9.64 Å². The Morgan fingerprint density at radius 2 is 2.00 bits per heavy atom. The molecule has 22 heavy (non-hydrogen) atoms. The minimum atomic E-state index is -3.65. The van der Waals surface area contributed by atoms with Crippen molar-refractivity contribution in [2.75, 3.05) is 32.8 Å². The van der Waals surface area contributed by atoms with E-state index in [0.29, 0.717) is 5.56 Å². The first-order chi connectivity index (χ1) is 10.5. The number of rotatable bonds is 3. The largest absolute Gasteiger partial charge is 0.450 e. The molecule has 0 spiro atoms. The number of nitrogens with zero attached hydrogens (tertiary/aromatic N) is 3. The minimum Gasteiger partial charge on any atom is -0.450 e. The summed E-state index contributed by atoms with van der Waals surface area (Å²) in [5.74, 6) is 0. The average molecular weight is 323 g/mol. The molecule has 1 heterocycles. The van der Waals surface area contributed by atoms with Crippen LogP contribution >= 0.6 is 0 Å². The van der Waals surface area contributed by atoms with Crippen LogP contribution in [-0.2, 0) is 14.8 Å². The van der Waals surface area contributed by atoms with Gasteiger partial charge in [0.05, 0.1) is 23.1 Å². The van der Waals surface area contributed by atoms with E-state index in [4.69, 9.17) is 10.00 Å². The number of hydrogen-bond acceptors (Lipinski definition) is 5. The molecule has 1 saturated heterocycles. The molecule has 1 fully saturated rings. The van der Waals surface area contributed by atoms with Gasteiger partial charge in [0.2, 0.25) is 10.0 Å². The summed E-state index contributed by atoms with van der Waals surface area (Å²) in [6, 6.07) is 7.84. The van der Waals surface area contributed by atoms with Crippen LogP contribution in [-0.4, -0.2) is 56.5 Å². The maximum absolute atomic E-state index is 12.5. The first-order valence-corrected chi connectivity index (χ1v) is 8.35. The fraction of sp³-hybridized carbons (Fsp3) is 0.429. The molecular weight excluding hydrogens is 306 g/mol. The summed E-state index contributed by atoms with van der Waals surface area (Å²) < 4.78 is 31.3. The molecule has 118 valence electrons.